The Labute approximate surface area is 151 Å². The molecule has 1 N–H and O–H groups in total. The zero-order valence-corrected chi connectivity index (χ0v) is 15.1. The van der Waals surface area contributed by atoms with Gasteiger partial charge in [0.1, 0.15) is 5.58 Å². The summed E-state index contributed by atoms with van der Waals surface area (Å²) >= 11 is 0. The number of anilines is 1. The minimum absolute atomic E-state index is 0.0426. The first-order valence-electron chi connectivity index (χ1n) is 8.44. The number of benzene rings is 2. The lowest BCUT2D eigenvalue weighted by atomic mass is 9.94. The lowest BCUT2D eigenvalue weighted by Crippen LogP contribution is -2.20. The highest BCUT2D eigenvalue weighted by Gasteiger charge is 2.13. The van der Waals surface area contributed by atoms with E-state index in [-0.39, 0.29) is 6.42 Å². The molecule has 0 radical (unpaired) electrons. The van der Waals surface area contributed by atoms with E-state index in [4.69, 9.17) is 9.52 Å². The van der Waals surface area contributed by atoms with Gasteiger partial charge in [-0.15, -0.1) is 0 Å². The quantitative estimate of drug-likeness (QED) is 0.704. The first kappa shape index (κ1) is 17.7. The van der Waals surface area contributed by atoms with Gasteiger partial charge in [0.25, 0.3) is 0 Å². The average molecular weight is 351 g/mol. The first-order chi connectivity index (χ1) is 12.4. The highest BCUT2D eigenvalue weighted by atomic mass is 16.4. The van der Waals surface area contributed by atoms with Crippen LogP contribution in [0.2, 0.25) is 0 Å². The standard InChI is InChI=1S/C21H21NO4/c1-13-5-4-6-14(2)21(13)17-12-20(25)26-18-11-15(7-8-16(17)18)22(3)10-9-19(23)24/h4-8,11-12H,9-10H2,1-3H3,(H,23,24). The third-order valence-corrected chi connectivity index (χ3v) is 4.58. The minimum Gasteiger partial charge on any atom is -0.481 e. The number of aryl methyl sites for hydroxylation is 2. The molecule has 0 saturated heterocycles. The molecule has 0 spiro atoms. The van der Waals surface area contributed by atoms with Crippen molar-refractivity contribution in [3.05, 3.63) is 64.0 Å². The van der Waals surface area contributed by atoms with Crippen LogP contribution in [0, 0.1) is 13.8 Å². The topological polar surface area (TPSA) is 70.8 Å². The molecule has 0 aliphatic carbocycles. The molecule has 0 atom stereocenters. The van der Waals surface area contributed by atoms with Gasteiger partial charge in [0, 0.05) is 42.4 Å². The molecule has 0 aliphatic heterocycles. The molecule has 0 bridgehead atoms. The van der Waals surface area contributed by atoms with Crippen LogP contribution in [0.4, 0.5) is 5.69 Å². The first-order valence-corrected chi connectivity index (χ1v) is 8.44. The predicted octanol–water partition coefficient (Wildman–Crippen LogP) is 3.99. The maximum Gasteiger partial charge on any atom is 0.336 e. The van der Waals surface area contributed by atoms with Crippen molar-refractivity contribution in [2.75, 3.05) is 18.5 Å². The van der Waals surface area contributed by atoms with E-state index < -0.39 is 11.6 Å². The Bertz CT molecular complexity index is 1020. The van der Waals surface area contributed by atoms with Gasteiger partial charge in [0.2, 0.25) is 0 Å². The van der Waals surface area contributed by atoms with Crippen LogP contribution in [-0.2, 0) is 4.79 Å². The largest absolute Gasteiger partial charge is 0.481 e. The molecule has 5 heteroatoms. The van der Waals surface area contributed by atoms with Crippen molar-refractivity contribution >= 4 is 22.6 Å². The summed E-state index contributed by atoms with van der Waals surface area (Å²) in [6, 6.07) is 13.2. The maximum absolute atomic E-state index is 12.1. The molecule has 3 aromatic rings. The van der Waals surface area contributed by atoms with Crippen LogP contribution in [0.5, 0.6) is 0 Å². The number of hydrogen-bond acceptors (Lipinski definition) is 4. The molecular weight excluding hydrogens is 330 g/mol. The van der Waals surface area contributed by atoms with Gasteiger partial charge in [-0.3, -0.25) is 4.79 Å². The van der Waals surface area contributed by atoms with Crippen LogP contribution < -0.4 is 10.5 Å². The highest BCUT2D eigenvalue weighted by Crippen LogP contribution is 2.33. The van der Waals surface area contributed by atoms with Gasteiger partial charge < -0.3 is 14.4 Å². The number of carboxylic acids is 1. The second kappa shape index (κ2) is 7.04. The Morgan fingerprint density at radius 2 is 1.81 bits per heavy atom. The Kier molecular flexibility index (Phi) is 4.80. The fourth-order valence-electron chi connectivity index (χ4n) is 3.23. The number of carboxylic acid groups (broad SMARTS) is 1. The third kappa shape index (κ3) is 3.47. The second-order valence-electron chi connectivity index (χ2n) is 6.49. The summed E-state index contributed by atoms with van der Waals surface area (Å²) in [6.45, 7) is 4.43. The average Bonchev–Trinajstić information content (AvgIpc) is 2.58. The van der Waals surface area contributed by atoms with E-state index >= 15 is 0 Å². The molecule has 0 unspecified atom stereocenters. The fourth-order valence-corrected chi connectivity index (χ4v) is 3.23. The van der Waals surface area contributed by atoms with Crippen molar-refractivity contribution in [1.82, 2.24) is 0 Å². The van der Waals surface area contributed by atoms with Crippen molar-refractivity contribution in [2.24, 2.45) is 0 Å². The summed E-state index contributed by atoms with van der Waals surface area (Å²) in [6.07, 6.45) is 0.0426. The molecule has 5 nitrogen and oxygen atoms in total. The number of rotatable bonds is 5. The number of aliphatic carboxylic acids is 1. The summed E-state index contributed by atoms with van der Waals surface area (Å²) in [4.78, 5) is 24.7. The van der Waals surface area contributed by atoms with Crippen molar-refractivity contribution < 1.29 is 14.3 Å². The van der Waals surface area contributed by atoms with Crippen LogP contribution in [0.15, 0.2) is 51.7 Å². The van der Waals surface area contributed by atoms with Gasteiger partial charge in [0.05, 0.1) is 6.42 Å². The van der Waals surface area contributed by atoms with Crippen LogP contribution in [0.25, 0.3) is 22.1 Å². The molecule has 1 aromatic heterocycles. The number of nitrogens with zero attached hydrogens (tertiary/aromatic N) is 1. The molecule has 134 valence electrons. The van der Waals surface area contributed by atoms with Gasteiger partial charge in [-0.1, -0.05) is 18.2 Å². The van der Waals surface area contributed by atoms with E-state index in [0.29, 0.717) is 12.1 Å². The summed E-state index contributed by atoms with van der Waals surface area (Å²) in [5.74, 6) is -0.846. The zero-order valence-electron chi connectivity index (χ0n) is 15.1. The zero-order chi connectivity index (χ0) is 18.8. The normalized spacial score (nSPS) is 10.9. The Morgan fingerprint density at radius 3 is 2.46 bits per heavy atom. The molecule has 0 aliphatic rings. The van der Waals surface area contributed by atoms with Crippen molar-refractivity contribution in [2.45, 2.75) is 20.3 Å². The minimum atomic E-state index is -0.846. The van der Waals surface area contributed by atoms with Gasteiger partial charge in [0.15, 0.2) is 0 Å². The van der Waals surface area contributed by atoms with Crippen molar-refractivity contribution in [3.8, 4) is 11.1 Å². The second-order valence-corrected chi connectivity index (χ2v) is 6.49. The van der Waals surface area contributed by atoms with Gasteiger partial charge in [-0.05, 0) is 42.7 Å². The summed E-state index contributed by atoms with van der Waals surface area (Å²) in [5, 5.41) is 9.70. The lowest BCUT2D eigenvalue weighted by molar-refractivity contribution is -0.136. The van der Waals surface area contributed by atoms with Gasteiger partial charge in [-0.2, -0.15) is 0 Å². The highest BCUT2D eigenvalue weighted by molar-refractivity contribution is 5.96. The van der Waals surface area contributed by atoms with E-state index in [9.17, 15) is 9.59 Å². The van der Waals surface area contributed by atoms with Gasteiger partial charge >= 0.3 is 11.6 Å². The molecule has 26 heavy (non-hydrogen) atoms. The number of hydrogen-bond donors (Lipinski definition) is 1. The van der Waals surface area contributed by atoms with E-state index in [1.807, 2.05) is 56.1 Å². The lowest BCUT2D eigenvalue weighted by Gasteiger charge is -2.19. The van der Waals surface area contributed by atoms with Crippen LogP contribution in [0.3, 0.4) is 0 Å². The molecule has 1 heterocycles. The number of carbonyl (C=O) groups is 1. The fraction of sp³-hybridized carbons (Fsp3) is 0.238. The van der Waals surface area contributed by atoms with Crippen LogP contribution >= 0.6 is 0 Å². The number of fused-ring (bicyclic) bond motifs is 1. The van der Waals surface area contributed by atoms with Crippen molar-refractivity contribution in [1.29, 1.82) is 0 Å². The van der Waals surface area contributed by atoms with Crippen molar-refractivity contribution in [3.63, 3.8) is 0 Å². The molecule has 3 rings (SSSR count). The Balaban J connectivity index is 2.13. The SMILES string of the molecule is Cc1cccc(C)c1-c1cc(=O)oc2cc(N(C)CCC(=O)O)ccc12. The van der Waals surface area contributed by atoms with E-state index in [1.165, 1.54) is 6.07 Å². The molecule has 0 amide bonds. The summed E-state index contributed by atoms with van der Waals surface area (Å²) < 4.78 is 5.42. The molecule has 0 saturated carbocycles. The Morgan fingerprint density at radius 1 is 1.12 bits per heavy atom. The Hall–Kier alpha value is -3.08. The summed E-state index contributed by atoms with van der Waals surface area (Å²) in [5.41, 5.74) is 4.99. The monoisotopic (exact) mass is 351 g/mol. The maximum atomic E-state index is 12.1. The van der Waals surface area contributed by atoms with E-state index in [2.05, 4.69) is 0 Å². The molecule has 0 fully saturated rings. The molecular formula is C21H21NO4. The van der Waals surface area contributed by atoms with E-state index in [1.54, 1.807) is 6.07 Å². The van der Waals surface area contributed by atoms with Crippen LogP contribution in [0.1, 0.15) is 17.5 Å². The van der Waals surface area contributed by atoms with Gasteiger partial charge in [-0.25, -0.2) is 4.79 Å². The predicted molar refractivity (Wildman–Crippen MR) is 103 cm³/mol. The third-order valence-electron chi connectivity index (χ3n) is 4.58. The molecule has 2 aromatic carbocycles. The smallest absolute Gasteiger partial charge is 0.336 e. The van der Waals surface area contributed by atoms with E-state index in [0.717, 1.165) is 33.3 Å². The summed E-state index contributed by atoms with van der Waals surface area (Å²) in [7, 11) is 1.82. The van der Waals surface area contributed by atoms with Crippen LogP contribution in [-0.4, -0.2) is 24.7 Å².